The molecule has 0 spiro atoms. The molecule has 3 heterocycles. The summed E-state index contributed by atoms with van der Waals surface area (Å²) in [6.07, 6.45) is 8.13. The summed E-state index contributed by atoms with van der Waals surface area (Å²) in [5.74, 6) is -5.62. The Kier molecular flexibility index (Phi) is 12.4. The van der Waals surface area contributed by atoms with Crippen LogP contribution in [0.2, 0.25) is 0 Å². The minimum atomic E-state index is -2.71. The van der Waals surface area contributed by atoms with Gasteiger partial charge in [0.15, 0.2) is 0 Å². The van der Waals surface area contributed by atoms with Crippen molar-refractivity contribution >= 4 is 17.7 Å². The zero-order valence-corrected chi connectivity index (χ0v) is 27.3. The van der Waals surface area contributed by atoms with E-state index in [2.05, 4.69) is 19.1 Å². The zero-order chi connectivity index (χ0) is 31.9. The first-order valence-corrected chi connectivity index (χ1v) is 17.2. The van der Waals surface area contributed by atoms with E-state index in [1.807, 2.05) is 32.0 Å². The van der Waals surface area contributed by atoms with E-state index in [9.17, 15) is 24.6 Å². The molecule has 0 saturated carbocycles. The lowest BCUT2D eigenvalue weighted by Crippen LogP contribution is -2.62. The van der Waals surface area contributed by atoms with Gasteiger partial charge in [0.2, 0.25) is 5.78 Å². The molecule has 1 aromatic rings. The van der Waals surface area contributed by atoms with Crippen molar-refractivity contribution in [1.82, 2.24) is 4.90 Å². The van der Waals surface area contributed by atoms with Gasteiger partial charge in [-0.25, -0.2) is 4.79 Å². The molecule has 0 aliphatic carbocycles. The number of fused-ring (bicyclic) bond motifs is 3. The number of nitrogens with zero attached hydrogens (tertiary/aromatic N) is 1. The topological polar surface area (TPSA) is 113 Å². The van der Waals surface area contributed by atoms with E-state index in [4.69, 9.17) is 9.47 Å². The van der Waals surface area contributed by atoms with Crippen molar-refractivity contribution in [2.24, 2.45) is 23.7 Å². The number of ketones is 1. The maximum absolute atomic E-state index is 14.2. The first kappa shape index (κ1) is 34.6. The summed E-state index contributed by atoms with van der Waals surface area (Å²) in [7, 11) is 0. The average molecular weight is 614 g/mol. The van der Waals surface area contributed by atoms with E-state index in [1.165, 1.54) is 10.5 Å². The first-order valence-electron chi connectivity index (χ1n) is 17.2. The van der Waals surface area contributed by atoms with Crippen LogP contribution in [0.15, 0.2) is 30.3 Å². The number of piperidine rings is 1. The van der Waals surface area contributed by atoms with Crippen LogP contribution in [0.4, 0.5) is 0 Å². The number of esters is 1. The monoisotopic (exact) mass is 613 g/mol. The van der Waals surface area contributed by atoms with E-state index in [-0.39, 0.29) is 30.4 Å². The Hall–Kier alpha value is -2.29. The number of cyclic esters (lactones) is 1. The highest BCUT2D eigenvalue weighted by Gasteiger charge is 2.55. The molecule has 8 nitrogen and oxygen atoms in total. The molecule has 4 rings (SSSR count). The second-order valence-corrected chi connectivity index (χ2v) is 13.8. The van der Waals surface area contributed by atoms with Crippen LogP contribution in [0.25, 0.3) is 0 Å². The number of hydrogen-bond acceptors (Lipinski definition) is 7. The first-order chi connectivity index (χ1) is 21.1. The Balaban J connectivity index is 1.66. The molecule has 246 valence electrons. The molecule has 3 saturated heterocycles. The second-order valence-electron chi connectivity index (χ2n) is 13.8. The Labute approximate surface area is 263 Å². The summed E-state index contributed by atoms with van der Waals surface area (Å²) in [5.41, 5.74) is 1.20. The molecule has 1 aromatic carbocycles. The van der Waals surface area contributed by atoms with Gasteiger partial charge in [0.05, 0.1) is 12.2 Å². The van der Waals surface area contributed by atoms with Crippen LogP contribution < -0.4 is 0 Å². The summed E-state index contributed by atoms with van der Waals surface area (Å²) >= 11 is 0. The number of carbonyl (C=O) groups excluding carboxylic acids is 3. The molecular formula is C36H55NO7. The van der Waals surface area contributed by atoms with Crippen LogP contribution in [0.5, 0.6) is 0 Å². The lowest BCUT2D eigenvalue weighted by Gasteiger charge is -2.41. The molecule has 3 aliphatic heterocycles. The molecule has 8 heteroatoms. The quantitative estimate of drug-likeness (QED) is 0.335. The third kappa shape index (κ3) is 8.10. The Morgan fingerprint density at radius 3 is 2.30 bits per heavy atom. The van der Waals surface area contributed by atoms with Gasteiger partial charge in [-0.05, 0) is 81.6 Å². The standard InChI is InChI=1S/C36H55NO7/c1-5-28(23-27-16-10-8-11-17-27)31-19-12-7-6-9-15-24(2)32(38)26(4)30-21-20-25(3)33(39)36(42,44-30)35(41)37-22-14-13-18-29(37)34(40)43-31/h8,10-11,16-17,24-26,28-32,38,42H,5-7,9,12-15,18-23H2,1-4H3/t24-,25-,26+,28-,29+,30+,31+,32+,36?/m1/s1. The Morgan fingerprint density at radius 1 is 0.909 bits per heavy atom. The third-order valence-corrected chi connectivity index (χ3v) is 10.6. The summed E-state index contributed by atoms with van der Waals surface area (Å²) in [6.45, 7) is 7.97. The molecule has 2 N–H and O–H groups in total. The molecule has 1 unspecified atom stereocenters. The number of aliphatic hydroxyl groups is 2. The van der Waals surface area contributed by atoms with Gasteiger partial charge >= 0.3 is 11.8 Å². The normalized spacial score (nSPS) is 35.9. The number of amides is 1. The number of benzene rings is 1. The fraction of sp³-hybridized carbons (Fsp3) is 0.750. The van der Waals surface area contributed by atoms with E-state index in [0.29, 0.717) is 25.7 Å². The molecule has 2 bridgehead atoms. The summed E-state index contributed by atoms with van der Waals surface area (Å²) in [5, 5.41) is 23.1. The Bertz CT molecular complexity index is 1100. The molecule has 3 fully saturated rings. The molecule has 0 aromatic heterocycles. The van der Waals surface area contributed by atoms with Crippen molar-refractivity contribution in [2.45, 2.75) is 141 Å². The number of aliphatic hydroxyl groups excluding tert-OH is 1. The maximum atomic E-state index is 14.2. The SMILES string of the molecule is CC[C@H](Cc1ccccc1)[C@@H]1CCCCCC[C@@H](C)[C@H](O)[C@@H](C)[C@@H]2CC[C@@H](C)C(=O)C(O)(O2)C(=O)N2CCCC[C@H]2C(=O)O1. The minimum Gasteiger partial charge on any atom is -0.461 e. The van der Waals surface area contributed by atoms with E-state index in [1.54, 1.807) is 6.92 Å². The molecular weight excluding hydrogens is 558 g/mol. The van der Waals surface area contributed by atoms with Gasteiger partial charge in [-0.15, -0.1) is 0 Å². The van der Waals surface area contributed by atoms with Gasteiger partial charge in [0, 0.05) is 18.4 Å². The van der Waals surface area contributed by atoms with Crippen LogP contribution in [0.3, 0.4) is 0 Å². The van der Waals surface area contributed by atoms with Crippen LogP contribution >= 0.6 is 0 Å². The number of hydrogen-bond donors (Lipinski definition) is 2. The van der Waals surface area contributed by atoms with Crippen LogP contribution in [0, 0.1) is 23.7 Å². The van der Waals surface area contributed by atoms with Gasteiger partial charge in [-0.3, -0.25) is 9.59 Å². The summed E-state index contributed by atoms with van der Waals surface area (Å²) < 4.78 is 12.4. The summed E-state index contributed by atoms with van der Waals surface area (Å²) in [6, 6.07) is 9.34. The number of carbonyl (C=O) groups is 3. The van der Waals surface area contributed by atoms with E-state index < -0.39 is 47.6 Å². The zero-order valence-electron chi connectivity index (χ0n) is 27.3. The van der Waals surface area contributed by atoms with Crippen molar-refractivity contribution in [2.75, 3.05) is 6.54 Å². The summed E-state index contributed by atoms with van der Waals surface area (Å²) in [4.78, 5) is 43.0. The smallest absolute Gasteiger partial charge is 0.329 e. The van der Waals surface area contributed by atoms with Gasteiger partial charge < -0.3 is 24.6 Å². The van der Waals surface area contributed by atoms with Crippen molar-refractivity contribution in [3.05, 3.63) is 35.9 Å². The van der Waals surface area contributed by atoms with Gasteiger partial charge in [0.1, 0.15) is 12.1 Å². The molecule has 1 amide bonds. The Morgan fingerprint density at radius 2 is 1.59 bits per heavy atom. The van der Waals surface area contributed by atoms with Crippen molar-refractivity contribution in [3.63, 3.8) is 0 Å². The van der Waals surface area contributed by atoms with Crippen LogP contribution in [-0.4, -0.2) is 69.5 Å². The fourth-order valence-electron chi connectivity index (χ4n) is 7.50. The highest BCUT2D eigenvalue weighted by molar-refractivity contribution is 6.09. The minimum absolute atomic E-state index is 0.00294. The number of ether oxygens (including phenoxy) is 2. The second kappa shape index (κ2) is 15.8. The van der Waals surface area contributed by atoms with Crippen LogP contribution in [-0.2, 0) is 30.3 Å². The molecule has 9 atom stereocenters. The predicted molar refractivity (Wildman–Crippen MR) is 168 cm³/mol. The fourth-order valence-corrected chi connectivity index (χ4v) is 7.50. The highest BCUT2D eigenvalue weighted by atomic mass is 16.6. The van der Waals surface area contributed by atoms with Crippen LogP contribution in [0.1, 0.15) is 110 Å². The largest absolute Gasteiger partial charge is 0.461 e. The number of rotatable bonds is 4. The van der Waals surface area contributed by atoms with E-state index >= 15 is 0 Å². The lowest BCUT2D eigenvalue weighted by atomic mass is 9.84. The van der Waals surface area contributed by atoms with E-state index in [0.717, 1.165) is 57.8 Å². The van der Waals surface area contributed by atoms with Gasteiger partial charge in [-0.1, -0.05) is 77.3 Å². The lowest BCUT2D eigenvalue weighted by molar-refractivity contribution is -0.237. The molecule has 44 heavy (non-hydrogen) atoms. The van der Waals surface area contributed by atoms with Gasteiger partial charge in [-0.2, -0.15) is 0 Å². The van der Waals surface area contributed by atoms with Crippen molar-refractivity contribution in [3.8, 4) is 0 Å². The highest BCUT2D eigenvalue weighted by Crippen LogP contribution is 2.36. The predicted octanol–water partition coefficient (Wildman–Crippen LogP) is 5.61. The number of Topliss-reactive ketones (excluding diaryl/α,β-unsaturated/α-hetero) is 1. The molecule has 3 aliphatic rings. The van der Waals surface area contributed by atoms with Crippen molar-refractivity contribution < 1.29 is 34.1 Å². The third-order valence-electron chi connectivity index (χ3n) is 10.6. The average Bonchev–Trinajstić information content (AvgIpc) is 3.15. The molecule has 0 radical (unpaired) electrons. The van der Waals surface area contributed by atoms with Crippen molar-refractivity contribution in [1.29, 1.82) is 0 Å². The van der Waals surface area contributed by atoms with Gasteiger partial charge in [0.25, 0.3) is 5.91 Å². The maximum Gasteiger partial charge on any atom is 0.329 e.